The number of halogens is 2. The predicted molar refractivity (Wildman–Crippen MR) is 64.1 cm³/mol. The molecular formula is C13H15F2NO2. The molecule has 0 unspecified atom stereocenters. The van der Waals surface area contributed by atoms with Gasteiger partial charge in [0.15, 0.2) is 0 Å². The number of carboxylic acid groups (broad SMARTS) is 1. The number of carboxylic acids is 1. The first-order valence-corrected chi connectivity index (χ1v) is 6.05. The minimum atomic E-state index is -1.56. The zero-order valence-corrected chi connectivity index (χ0v) is 10.2. The Morgan fingerprint density at radius 3 is 2.83 bits per heavy atom. The zero-order chi connectivity index (χ0) is 13.3. The van der Waals surface area contributed by atoms with Gasteiger partial charge in [-0.05, 0) is 25.3 Å². The minimum Gasteiger partial charge on any atom is -0.477 e. The van der Waals surface area contributed by atoms with Crippen LogP contribution in [0.2, 0.25) is 0 Å². The van der Waals surface area contributed by atoms with Crippen LogP contribution in [0, 0.1) is 11.6 Å². The lowest BCUT2D eigenvalue weighted by Gasteiger charge is -2.31. The van der Waals surface area contributed by atoms with Gasteiger partial charge >= 0.3 is 5.97 Å². The van der Waals surface area contributed by atoms with E-state index in [0.717, 1.165) is 32.0 Å². The summed E-state index contributed by atoms with van der Waals surface area (Å²) in [7, 11) is 0. The van der Waals surface area contributed by atoms with Gasteiger partial charge in [-0.25, -0.2) is 13.6 Å². The standard InChI is InChI=1S/C13H15F2NO2/c1-2-5-16-6-3-4-8-10(16)7-9(14)11(12(8)15)13(17)18/h7H,2-6H2,1H3,(H,17,18). The lowest BCUT2D eigenvalue weighted by molar-refractivity contribution is 0.0686. The SMILES string of the molecule is CCCN1CCCc2c1cc(F)c(C(=O)O)c2F. The van der Waals surface area contributed by atoms with Crippen LogP contribution >= 0.6 is 0 Å². The number of nitrogens with zero attached hydrogens (tertiary/aromatic N) is 1. The fourth-order valence-corrected chi connectivity index (χ4v) is 2.43. The highest BCUT2D eigenvalue weighted by atomic mass is 19.1. The number of benzene rings is 1. The van der Waals surface area contributed by atoms with Gasteiger partial charge in [-0.3, -0.25) is 0 Å². The number of fused-ring (bicyclic) bond motifs is 1. The van der Waals surface area contributed by atoms with E-state index in [1.165, 1.54) is 0 Å². The van der Waals surface area contributed by atoms with Crippen molar-refractivity contribution in [3.05, 3.63) is 28.8 Å². The largest absolute Gasteiger partial charge is 0.477 e. The summed E-state index contributed by atoms with van der Waals surface area (Å²) in [6.07, 6.45) is 2.10. The van der Waals surface area contributed by atoms with Gasteiger partial charge in [-0.1, -0.05) is 6.92 Å². The number of aromatic carboxylic acids is 1. The quantitative estimate of drug-likeness (QED) is 0.902. The fraction of sp³-hybridized carbons (Fsp3) is 0.462. The van der Waals surface area contributed by atoms with Crippen molar-refractivity contribution in [2.24, 2.45) is 0 Å². The second-order valence-electron chi connectivity index (χ2n) is 4.44. The first kappa shape index (κ1) is 12.8. The summed E-state index contributed by atoms with van der Waals surface area (Å²) < 4.78 is 27.7. The normalized spacial score (nSPS) is 14.5. The van der Waals surface area contributed by atoms with Crippen molar-refractivity contribution < 1.29 is 18.7 Å². The molecule has 1 aliphatic heterocycles. The Hall–Kier alpha value is -1.65. The highest BCUT2D eigenvalue weighted by Gasteiger charge is 2.27. The topological polar surface area (TPSA) is 40.5 Å². The molecule has 1 N–H and O–H groups in total. The lowest BCUT2D eigenvalue weighted by atomic mass is 9.97. The number of rotatable bonds is 3. The number of anilines is 1. The average Bonchev–Trinajstić information content (AvgIpc) is 2.30. The summed E-state index contributed by atoms with van der Waals surface area (Å²) in [6, 6.07) is 1.15. The molecule has 0 radical (unpaired) electrons. The van der Waals surface area contributed by atoms with E-state index < -0.39 is 23.2 Å². The predicted octanol–water partition coefficient (Wildman–Crippen LogP) is 2.83. The summed E-state index contributed by atoms with van der Waals surface area (Å²) >= 11 is 0. The Balaban J connectivity index is 2.55. The highest BCUT2D eigenvalue weighted by molar-refractivity contribution is 5.89. The maximum atomic E-state index is 14.0. The van der Waals surface area contributed by atoms with Crippen molar-refractivity contribution in [2.45, 2.75) is 26.2 Å². The van der Waals surface area contributed by atoms with Crippen molar-refractivity contribution in [2.75, 3.05) is 18.0 Å². The molecule has 5 heteroatoms. The van der Waals surface area contributed by atoms with Crippen molar-refractivity contribution in [1.82, 2.24) is 0 Å². The van der Waals surface area contributed by atoms with Gasteiger partial charge in [-0.2, -0.15) is 0 Å². The maximum absolute atomic E-state index is 14.0. The van der Waals surface area contributed by atoms with Gasteiger partial charge < -0.3 is 10.0 Å². The van der Waals surface area contributed by atoms with Crippen molar-refractivity contribution in [3.63, 3.8) is 0 Å². The highest BCUT2D eigenvalue weighted by Crippen LogP contribution is 2.32. The Kier molecular flexibility index (Phi) is 3.50. The van der Waals surface area contributed by atoms with Crippen LogP contribution in [0.4, 0.5) is 14.5 Å². The molecule has 1 heterocycles. The van der Waals surface area contributed by atoms with Crippen LogP contribution in [-0.2, 0) is 6.42 Å². The Labute approximate surface area is 104 Å². The smallest absolute Gasteiger partial charge is 0.341 e. The lowest BCUT2D eigenvalue weighted by Crippen LogP contribution is -2.31. The molecule has 0 aliphatic carbocycles. The van der Waals surface area contributed by atoms with E-state index in [0.29, 0.717) is 17.7 Å². The Morgan fingerprint density at radius 2 is 2.22 bits per heavy atom. The molecule has 1 aromatic carbocycles. The van der Waals surface area contributed by atoms with Gasteiger partial charge in [0, 0.05) is 24.3 Å². The van der Waals surface area contributed by atoms with Gasteiger partial charge in [0.25, 0.3) is 0 Å². The van der Waals surface area contributed by atoms with E-state index in [9.17, 15) is 13.6 Å². The molecule has 0 saturated heterocycles. The van der Waals surface area contributed by atoms with Gasteiger partial charge in [-0.15, -0.1) is 0 Å². The second-order valence-corrected chi connectivity index (χ2v) is 4.44. The third-order valence-electron chi connectivity index (χ3n) is 3.20. The van der Waals surface area contributed by atoms with Gasteiger partial charge in [0.1, 0.15) is 17.2 Å². The minimum absolute atomic E-state index is 0.327. The number of hydrogen-bond acceptors (Lipinski definition) is 2. The first-order valence-electron chi connectivity index (χ1n) is 6.05. The van der Waals surface area contributed by atoms with Crippen molar-refractivity contribution in [1.29, 1.82) is 0 Å². The molecular weight excluding hydrogens is 240 g/mol. The van der Waals surface area contributed by atoms with E-state index >= 15 is 0 Å². The monoisotopic (exact) mass is 255 g/mol. The van der Waals surface area contributed by atoms with Crippen LogP contribution in [-0.4, -0.2) is 24.2 Å². The third-order valence-corrected chi connectivity index (χ3v) is 3.20. The Bertz CT molecular complexity index is 488. The zero-order valence-electron chi connectivity index (χ0n) is 10.2. The maximum Gasteiger partial charge on any atom is 0.341 e. The molecule has 98 valence electrons. The molecule has 1 aliphatic rings. The van der Waals surface area contributed by atoms with Crippen LogP contribution in [0.5, 0.6) is 0 Å². The summed E-state index contributed by atoms with van der Waals surface area (Å²) in [5, 5.41) is 8.82. The molecule has 1 aromatic rings. The summed E-state index contributed by atoms with van der Waals surface area (Å²) in [5.41, 5.74) is -0.0105. The van der Waals surface area contributed by atoms with E-state index in [4.69, 9.17) is 5.11 Å². The number of carbonyl (C=O) groups is 1. The summed E-state index contributed by atoms with van der Waals surface area (Å²) in [5.74, 6) is -3.47. The van der Waals surface area contributed by atoms with Crippen molar-refractivity contribution >= 4 is 11.7 Å². The van der Waals surface area contributed by atoms with Gasteiger partial charge in [0.05, 0.1) is 0 Å². The molecule has 18 heavy (non-hydrogen) atoms. The Morgan fingerprint density at radius 1 is 1.50 bits per heavy atom. The molecule has 2 rings (SSSR count). The average molecular weight is 255 g/mol. The number of hydrogen-bond donors (Lipinski definition) is 1. The summed E-state index contributed by atoms with van der Waals surface area (Å²) in [4.78, 5) is 12.8. The van der Waals surface area contributed by atoms with Crippen LogP contribution in [0.1, 0.15) is 35.7 Å². The molecule has 3 nitrogen and oxygen atoms in total. The van der Waals surface area contributed by atoms with E-state index in [1.54, 1.807) is 0 Å². The van der Waals surface area contributed by atoms with Crippen LogP contribution in [0.15, 0.2) is 6.07 Å². The second kappa shape index (κ2) is 4.92. The fourth-order valence-electron chi connectivity index (χ4n) is 2.43. The first-order chi connectivity index (χ1) is 8.56. The van der Waals surface area contributed by atoms with Crippen LogP contribution < -0.4 is 4.90 Å². The molecule has 0 amide bonds. The van der Waals surface area contributed by atoms with E-state index in [1.807, 2.05) is 11.8 Å². The van der Waals surface area contributed by atoms with E-state index in [-0.39, 0.29) is 0 Å². The van der Waals surface area contributed by atoms with Crippen LogP contribution in [0.3, 0.4) is 0 Å². The molecule has 0 spiro atoms. The van der Waals surface area contributed by atoms with Crippen molar-refractivity contribution in [3.8, 4) is 0 Å². The molecule has 0 bridgehead atoms. The van der Waals surface area contributed by atoms with E-state index in [2.05, 4.69) is 0 Å². The third kappa shape index (κ3) is 2.05. The molecule has 0 saturated carbocycles. The summed E-state index contributed by atoms with van der Waals surface area (Å²) in [6.45, 7) is 3.47. The molecule has 0 atom stereocenters. The molecule has 0 aromatic heterocycles. The molecule has 0 fully saturated rings. The van der Waals surface area contributed by atoms with Gasteiger partial charge in [0.2, 0.25) is 0 Å². The van der Waals surface area contributed by atoms with Crippen LogP contribution in [0.25, 0.3) is 0 Å².